The average Bonchev–Trinajstić information content (AvgIpc) is 2.96. The molecule has 2 aromatic rings. The van der Waals surface area contributed by atoms with Gasteiger partial charge >= 0.3 is 0 Å². The first-order valence-corrected chi connectivity index (χ1v) is 10.8. The number of rotatable bonds is 8. The summed E-state index contributed by atoms with van der Waals surface area (Å²) in [5.74, 6) is 0.625. The van der Waals surface area contributed by atoms with Crippen molar-refractivity contribution in [2.75, 3.05) is 44.2 Å². The second kappa shape index (κ2) is 9.92. The van der Waals surface area contributed by atoms with Gasteiger partial charge in [0.1, 0.15) is 0 Å². The molecule has 0 unspecified atom stereocenters. The van der Waals surface area contributed by atoms with Crippen LogP contribution in [0.15, 0.2) is 30.3 Å². The summed E-state index contributed by atoms with van der Waals surface area (Å²) in [6.07, 6.45) is 0.414. The number of benzene rings is 1. The highest BCUT2D eigenvalue weighted by molar-refractivity contribution is 5.79. The largest absolute Gasteiger partial charge is 0.369 e. The molecule has 1 aromatic heterocycles. The minimum absolute atomic E-state index is 0.0863. The van der Waals surface area contributed by atoms with Crippen molar-refractivity contribution in [3.63, 3.8) is 0 Å². The third-order valence-electron chi connectivity index (χ3n) is 5.65. The minimum Gasteiger partial charge on any atom is -0.369 e. The van der Waals surface area contributed by atoms with Crippen LogP contribution in [0.2, 0.25) is 0 Å². The first-order valence-electron chi connectivity index (χ1n) is 10.8. The number of amides is 1. The van der Waals surface area contributed by atoms with Crippen molar-refractivity contribution in [1.29, 1.82) is 0 Å². The fourth-order valence-corrected chi connectivity index (χ4v) is 3.96. The second-order valence-corrected chi connectivity index (χ2v) is 8.42. The van der Waals surface area contributed by atoms with E-state index in [0.717, 1.165) is 56.2 Å². The summed E-state index contributed by atoms with van der Waals surface area (Å²) >= 11 is 0. The van der Waals surface area contributed by atoms with Gasteiger partial charge < -0.3 is 10.2 Å². The molecule has 29 heavy (non-hydrogen) atoms. The monoisotopic (exact) mass is 397 g/mol. The van der Waals surface area contributed by atoms with Gasteiger partial charge in [-0.25, -0.2) is 0 Å². The summed E-state index contributed by atoms with van der Waals surface area (Å²) < 4.78 is 2.04. The smallest absolute Gasteiger partial charge is 0.224 e. The SMILES string of the molecule is Cc1nn(CC(C)C)c(C)c1CC(=O)NCCN1CCN(c2ccccc2)CC1. The average molecular weight is 398 g/mol. The second-order valence-electron chi connectivity index (χ2n) is 8.42. The topological polar surface area (TPSA) is 53.4 Å². The number of para-hydroxylation sites is 1. The Morgan fingerprint density at radius 3 is 2.45 bits per heavy atom. The van der Waals surface area contributed by atoms with Gasteiger partial charge in [-0.3, -0.25) is 14.4 Å². The van der Waals surface area contributed by atoms with E-state index in [9.17, 15) is 4.79 Å². The predicted molar refractivity (Wildman–Crippen MR) is 118 cm³/mol. The van der Waals surface area contributed by atoms with Gasteiger partial charge in [0, 0.05) is 62.8 Å². The van der Waals surface area contributed by atoms with Crippen LogP contribution in [-0.4, -0.2) is 59.9 Å². The molecule has 0 aliphatic carbocycles. The third kappa shape index (κ3) is 5.82. The highest BCUT2D eigenvalue weighted by Gasteiger charge is 2.18. The molecule has 1 saturated heterocycles. The molecule has 158 valence electrons. The number of aromatic nitrogens is 2. The molecule has 6 heteroatoms. The van der Waals surface area contributed by atoms with Gasteiger partial charge in [-0.05, 0) is 31.9 Å². The van der Waals surface area contributed by atoms with Crippen molar-refractivity contribution < 1.29 is 4.79 Å². The summed E-state index contributed by atoms with van der Waals surface area (Å²) in [6.45, 7) is 15.1. The standard InChI is InChI=1S/C23H35N5O/c1-18(2)17-28-20(4)22(19(3)25-28)16-23(29)24-10-11-26-12-14-27(15-13-26)21-8-6-5-7-9-21/h5-9,18H,10-17H2,1-4H3,(H,24,29). The molecule has 1 aromatic carbocycles. The van der Waals surface area contributed by atoms with Crippen LogP contribution in [0.1, 0.15) is 30.8 Å². The summed E-state index contributed by atoms with van der Waals surface area (Å²) in [5, 5.41) is 7.71. The molecule has 0 spiro atoms. The maximum Gasteiger partial charge on any atom is 0.224 e. The molecule has 2 heterocycles. The first kappa shape index (κ1) is 21.4. The number of carbonyl (C=O) groups excluding carboxylic acids is 1. The first-order chi connectivity index (χ1) is 13.9. The van der Waals surface area contributed by atoms with Crippen LogP contribution in [0.3, 0.4) is 0 Å². The van der Waals surface area contributed by atoms with Crippen LogP contribution in [0.4, 0.5) is 5.69 Å². The van der Waals surface area contributed by atoms with E-state index in [2.05, 4.69) is 71.3 Å². The van der Waals surface area contributed by atoms with Crippen LogP contribution in [-0.2, 0) is 17.8 Å². The fraction of sp³-hybridized carbons (Fsp3) is 0.565. The number of aryl methyl sites for hydroxylation is 1. The van der Waals surface area contributed by atoms with E-state index in [-0.39, 0.29) is 5.91 Å². The zero-order valence-corrected chi connectivity index (χ0v) is 18.3. The number of hydrogen-bond donors (Lipinski definition) is 1. The number of anilines is 1. The lowest BCUT2D eigenvalue weighted by Crippen LogP contribution is -2.48. The van der Waals surface area contributed by atoms with E-state index in [0.29, 0.717) is 18.9 Å². The Morgan fingerprint density at radius 2 is 1.79 bits per heavy atom. The number of nitrogens with zero attached hydrogens (tertiary/aromatic N) is 4. The van der Waals surface area contributed by atoms with Crippen LogP contribution >= 0.6 is 0 Å². The number of piperazine rings is 1. The molecule has 1 aliphatic heterocycles. The van der Waals surface area contributed by atoms with Crippen LogP contribution < -0.4 is 10.2 Å². The minimum atomic E-state index is 0.0863. The molecule has 1 amide bonds. The van der Waals surface area contributed by atoms with Crippen molar-refractivity contribution in [2.45, 2.75) is 40.7 Å². The molecule has 1 N–H and O–H groups in total. The molecular weight excluding hydrogens is 362 g/mol. The fourth-order valence-electron chi connectivity index (χ4n) is 3.96. The van der Waals surface area contributed by atoms with Crippen molar-refractivity contribution >= 4 is 11.6 Å². The zero-order chi connectivity index (χ0) is 20.8. The van der Waals surface area contributed by atoms with E-state index >= 15 is 0 Å². The Hall–Kier alpha value is -2.34. The lowest BCUT2D eigenvalue weighted by molar-refractivity contribution is -0.120. The molecule has 0 radical (unpaired) electrons. The summed E-state index contributed by atoms with van der Waals surface area (Å²) in [6, 6.07) is 10.6. The summed E-state index contributed by atoms with van der Waals surface area (Å²) in [4.78, 5) is 17.3. The van der Waals surface area contributed by atoms with Crippen LogP contribution in [0.5, 0.6) is 0 Å². The van der Waals surface area contributed by atoms with Gasteiger partial charge in [0.2, 0.25) is 5.91 Å². The van der Waals surface area contributed by atoms with Gasteiger partial charge in [-0.15, -0.1) is 0 Å². The molecular formula is C23H35N5O. The highest BCUT2D eigenvalue weighted by atomic mass is 16.1. The highest BCUT2D eigenvalue weighted by Crippen LogP contribution is 2.16. The molecule has 0 atom stereocenters. The third-order valence-corrected chi connectivity index (χ3v) is 5.65. The van der Waals surface area contributed by atoms with Crippen molar-refractivity contribution in [3.8, 4) is 0 Å². The van der Waals surface area contributed by atoms with E-state index in [4.69, 9.17) is 0 Å². The number of nitrogens with one attached hydrogen (secondary N) is 1. The zero-order valence-electron chi connectivity index (χ0n) is 18.3. The van der Waals surface area contributed by atoms with Crippen LogP contribution in [0.25, 0.3) is 0 Å². The van der Waals surface area contributed by atoms with Crippen LogP contribution in [0, 0.1) is 19.8 Å². The molecule has 3 rings (SSSR count). The Kier molecular flexibility index (Phi) is 7.31. The Morgan fingerprint density at radius 1 is 1.10 bits per heavy atom. The van der Waals surface area contributed by atoms with Crippen molar-refractivity contribution in [3.05, 3.63) is 47.3 Å². The van der Waals surface area contributed by atoms with E-state index < -0.39 is 0 Å². The van der Waals surface area contributed by atoms with Gasteiger partial charge in [-0.1, -0.05) is 32.0 Å². The lowest BCUT2D eigenvalue weighted by Gasteiger charge is -2.36. The van der Waals surface area contributed by atoms with Gasteiger partial charge in [0.05, 0.1) is 12.1 Å². The van der Waals surface area contributed by atoms with E-state index in [1.807, 2.05) is 11.6 Å². The maximum absolute atomic E-state index is 12.5. The van der Waals surface area contributed by atoms with E-state index in [1.54, 1.807) is 0 Å². The molecule has 6 nitrogen and oxygen atoms in total. The predicted octanol–water partition coefficient (Wildman–Crippen LogP) is 2.64. The summed E-state index contributed by atoms with van der Waals surface area (Å²) in [7, 11) is 0. The molecule has 1 aliphatic rings. The quantitative estimate of drug-likeness (QED) is 0.744. The Balaban J connectivity index is 1.40. The normalized spacial score (nSPS) is 15.1. The number of hydrogen-bond acceptors (Lipinski definition) is 4. The van der Waals surface area contributed by atoms with Crippen molar-refractivity contribution in [1.82, 2.24) is 20.0 Å². The maximum atomic E-state index is 12.5. The summed E-state index contributed by atoms with van der Waals surface area (Å²) in [5.41, 5.74) is 4.45. The molecule has 0 saturated carbocycles. The number of carbonyl (C=O) groups is 1. The lowest BCUT2D eigenvalue weighted by atomic mass is 10.1. The van der Waals surface area contributed by atoms with E-state index in [1.165, 1.54) is 5.69 Å². The van der Waals surface area contributed by atoms with Gasteiger partial charge in [-0.2, -0.15) is 5.10 Å². The van der Waals surface area contributed by atoms with Gasteiger partial charge in [0.25, 0.3) is 0 Å². The Bertz CT molecular complexity index is 791. The van der Waals surface area contributed by atoms with Gasteiger partial charge in [0.15, 0.2) is 0 Å². The van der Waals surface area contributed by atoms with Crippen molar-refractivity contribution in [2.24, 2.45) is 5.92 Å². The Labute approximate surface area is 174 Å². The molecule has 1 fully saturated rings. The molecule has 0 bridgehead atoms.